The van der Waals surface area contributed by atoms with E-state index in [2.05, 4.69) is 10.6 Å². The second-order valence-corrected chi connectivity index (χ2v) is 7.68. The lowest BCUT2D eigenvalue weighted by Crippen LogP contribution is -2.15. The standard InChI is InChI=1S/C27H26N2O6/c1-3-34-27(33)35-23-13-11-20(12-14-23)26(32)29-22-6-4-5-21(17-22)28-25(31)16-15-24(30)19-9-7-18(2)8-10-19/h4-14,17H,3,15-16H2,1-2H3,(H,28,31)(H,29,32). The highest BCUT2D eigenvalue weighted by Gasteiger charge is 2.12. The molecule has 0 atom stereocenters. The number of anilines is 2. The lowest BCUT2D eigenvalue weighted by Gasteiger charge is -2.10. The molecule has 35 heavy (non-hydrogen) atoms. The van der Waals surface area contributed by atoms with Gasteiger partial charge in [0, 0.05) is 35.3 Å². The number of nitrogens with one attached hydrogen (secondary N) is 2. The molecule has 0 unspecified atom stereocenters. The van der Waals surface area contributed by atoms with Gasteiger partial charge in [-0.25, -0.2) is 4.79 Å². The Labute approximate surface area is 203 Å². The molecule has 0 saturated heterocycles. The van der Waals surface area contributed by atoms with Crippen molar-refractivity contribution in [3.8, 4) is 5.75 Å². The number of benzene rings is 3. The largest absolute Gasteiger partial charge is 0.513 e. The summed E-state index contributed by atoms with van der Waals surface area (Å²) in [5.41, 5.74) is 2.97. The number of ketones is 1. The van der Waals surface area contributed by atoms with E-state index in [1.807, 2.05) is 19.1 Å². The minimum absolute atomic E-state index is 0.0452. The average Bonchev–Trinajstić information content (AvgIpc) is 2.84. The van der Waals surface area contributed by atoms with E-state index in [-0.39, 0.29) is 42.8 Å². The maximum Gasteiger partial charge on any atom is 0.513 e. The van der Waals surface area contributed by atoms with Crippen molar-refractivity contribution in [3.05, 3.63) is 89.5 Å². The Morgan fingerprint density at radius 1 is 0.771 bits per heavy atom. The van der Waals surface area contributed by atoms with Crippen molar-refractivity contribution in [2.45, 2.75) is 26.7 Å². The van der Waals surface area contributed by atoms with Crippen molar-refractivity contribution in [1.82, 2.24) is 0 Å². The van der Waals surface area contributed by atoms with Crippen LogP contribution in [0.15, 0.2) is 72.8 Å². The smallest absolute Gasteiger partial charge is 0.434 e. The molecule has 2 amide bonds. The Morgan fingerprint density at radius 3 is 2.06 bits per heavy atom. The molecule has 0 aromatic heterocycles. The van der Waals surface area contributed by atoms with Crippen LogP contribution >= 0.6 is 0 Å². The van der Waals surface area contributed by atoms with E-state index in [9.17, 15) is 19.2 Å². The van der Waals surface area contributed by atoms with Crippen molar-refractivity contribution in [2.75, 3.05) is 17.2 Å². The van der Waals surface area contributed by atoms with Gasteiger partial charge >= 0.3 is 6.16 Å². The highest BCUT2D eigenvalue weighted by atomic mass is 16.7. The van der Waals surface area contributed by atoms with E-state index < -0.39 is 6.16 Å². The second kappa shape index (κ2) is 12.1. The minimum atomic E-state index is -0.817. The van der Waals surface area contributed by atoms with Crippen molar-refractivity contribution in [2.24, 2.45) is 0 Å². The van der Waals surface area contributed by atoms with Crippen molar-refractivity contribution in [1.29, 1.82) is 0 Å². The number of rotatable bonds is 9. The third kappa shape index (κ3) is 7.82. The third-order valence-electron chi connectivity index (χ3n) is 4.94. The Morgan fingerprint density at radius 2 is 1.40 bits per heavy atom. The van der Waals surface area contributed by atoms with E-state index in [0.29, 0.717) is 22.5 Å². The van der Waals surface area contributed by atoms with Crippen LogP contribution in [-0.2, 0) is 9.53 Å². The molecular weight excluding hydrogens is 448 g/mol. The van der Waals surface area contributed by atoms with Crippen LogP contribution in [0.4, 0.5) is 16.2 Å². The lowest BCUT2D eigenvalue weighted by molar-refractivity contribution is -0.116. The molecule has 180 valence electrons. The molecule has 2 N–H and O–H groups in total. The summed E-state index contributed by atoms with van der Waals surface area (Å²) in [6.07, 6.45) is -0.673. The lowest BCUT2D eigenvalue weighted by atomic mass is 10.0. The number of amides is 2. The molecule has 3 aromatic rings. The van der Waals surface area contributed by atoms with E-state index in [1.165, 1.54) is 24.3 Å². The van der Waals surface area contributed by atoms with Crippen molar-refractivity contribution in [3.63, 3.8) is 0 Å². The van der Waals surface area contributed by atoms with E-state index in [1.54, 1.807) is 43.3 Å². The van der Waals surface area contributed by atoms with Crippen LogP contribution in [0.3, 0.4) is 0 Å². The minimum Gasteiger partial charge on any atom is -0.434 e. The van der Waals surface area contributed by atoms with Gasteiger partial charge in [-0.15, -0.1) is 0 Å². The number of carbonyl (C=O) groups excluding carboxylic acids is 4. The first-order valence-corrected chi connectivity index (χ1v) is 11.1. The summed E-state index contributed by atoms with van der Waals surface area (Å²) in [5, 5.41) is 5.50. The van der Waals surface area contributed by atoms with Crippen LogP contribution in [0.25, 0.3) is 0 Å². The summed E-state index contributed by atoms with van der Waals surface area (Å²) in [6.45, 7) is 3.81. The molecule has 0 fully saturated rings. The normalized spacial score (nSPS) is 10.2. The van der Waals surface area contributed by atoms with E-state index >= 15 is 0 Å². The summed E-state index contributed by atoms with van der Waals surface area (Å²) in [6, 6.07) is 19.9. The molecule has 8 nitrogen and oxygen atoms in total. The zero-order chi connectivity index (χ0) is 25.2. The highest BCUT2D eigenvalue weighted by Crippen LogP contribution is 2.18. The molecule has 0 aliphatic heterocycles. The van der Waals surface area contributed by atoms with Gasteiger partial charge in [0.15, 0.2) is 5.78 Å². The van der Waals surface area contributed by atoms with E-state index in [0.717, 1.165) is 5.56 Å². The zero-order valence-electron chi connectivity index (χ0n) is 19.5. The second-order valence-electron chi connectivity index (χ2n) is 7.68. The zero-order valence-corrected chi connectivity index (χ0v) is 19.5. The Kier molecular flexibility index (Phi) is 8.72. The predicted molar refractivity (Wildman–Crippen MR) is 132 cm³/mol. The number of hydrogen-bond donors (Lipinski definition) is 2. The van der Waals surface area contributed by atoms with Gasteiger partial charge in [0.2, 0.25) is 5.91 Å². The molecule has 0 heterocycles. The number of ether oxygens (including phenoxy) is 2. The maximum absolute atomic E-state index is 12.5. The monoisotopic (exact) mass is 474 g/mol. The molecule has 0 radical (unpaired) electrons. The topological polar surface area (TPSA) is 111 Å². The van der Waals surface area contributed by atoms with Gasteiger partial charge in [-0.1, -0.05) is 35.9 Å². The maximum atomic E-state index is 12.5. The molecule has 0 spiro atoms. The highest BCUT2D eigenvalue weighted by molar-refractivity contribution is 6.05. The molecule has 0 aliphatic carbocycles. The van der Waals surface area contributed by atoms with Crippen LogP contribution in [0.1, 0.15) is 46.0 Å². The van der Waals surface area contributed by atoms with Crippen LogP contribution in [0, 0.1) is 6.92 Å². The van der Waals surface area contributed by atoms with Crippen LogP contribution in [0.5, 0.6) is 5.75 Å². The fourth-order valence-electron chi connectivity index (χ4n) is 3.13. The van der Waals surface area contributed by atoms with Crippen LogP contribution < -0.4 is 15.4 Å². The van der Waals surface area contributed by atoms with E-state index in [4.69, 9.17) is 9.47 Å². The fourth-order valence-corrected chi connectivity index (χ4v) is 3.13. The number of hydrogen-bond acceptors (Lipinski definition) is 6. The van der Waals surface area contributed by atoms with Crippen LogP contribution in [0.2, 0.25) is 0 Å². The summed E-state index contributed by atoms with van der Waals surface area (Å²) in [7, 11) is 0. The van der Waals surface area contributed by atoms with Gasteiger partial charge in [-0.2, -0.15) is 0 Å². The van der Waals surface area contributed by atoms with Crippen molar-refractivity contribution < 1.29 is 28.7 Å². The molecule has 0 bridgehead atoms. The van der Waals surface area contributed by atoms with Gasteiger partial charge in [-0.3, -0.25) is 14.4 Å². The first-order chi connectivity index (χ1) is 16.8. The SMILES string of the molecule is CCOC(=O)Oc1ccc(C(=O)Nc2cccc(NC(=O)CCC(=O)c3ccc(C)cc3)c2)cc1. The van der Waals surface area contributed by atoms with Crippen molar-refractivity contribution >= 4 is 35.1 Å². The summed E-state index contributed by atoms with van der Waals surface area (Å²) >= 11 is 0. The molecular formula is C27H26N2O6. The predicted octanol–water partition coefficient (Wildman–Crippen LogP) is 5.38. The van der Waals surface area contributed by atoms with Crippen LogP contribution in [-0.4, -0.2) is 30.4 Å². The van der Waals surface area contributed by atoms with Gasteiger partial charge < -0.3 is 20.1 Å². The number of carbonyl (C=O) groups is 4. The summed E-state index contributed by atoms with van der Waals surface area (Å²) < 4.78 is 9.68. The number of aryl methyl sites for hydroxylation is 1. The Bertz CT molecular complexity index is 1200. The summed E-state index contributed by atoms with van der Waals surface area (Å²) in [5.74, 6) is -0.517. The first kappa shape index (κ1) is 25.2. The Balaban J connectivity index is 1.52. The first-order valence-electron chi connectivity index (χ1n) is 11.1. The van der Waals surface area contributed by atoms with Gasteiger partial charge in [0.1, 0.15) is 5.75 Å². The number of Topliss-reactive ketones (excluding diaryl/α,β-unsaturated/α-hetero) is 1. The third-order valence-corrected chi connectivity index (χ3v) is 4.94. The molecule has 0 saturated carbocycles. The Hall–Kier alpha value is -4.46. The molecule has 3 rings (SSSR count). The molecule has 8 heteroatoms. The molecule has 3 aromatic carbocycles. The van der Waals surface area contributed by atoms with Gasteiger partial charge in [0.05, 0.1) is 6.61 Å². The van der Waals surface area contributed by atoms with Gasteiger partial charge in [-0.05, 0) is 56.3 Å². The van der Waals surface area contributed by atoms with Gasteiger partial charge in [0.25, 0.3) is 5.91 Å². The average molecular weight is 475 g/mol. The molecule has 0 aliphatic rings. The summed E-state index contributed by atoms with van der Waals surface area (Å²) in [4.78, 5) is 48.5. The fraction of sp³-hybridized carbons (Fsp3) is 0.185. The quantitative estimate of drug-likeness (QED) is 0.245.